The van der Waals surface area contributed by atoms with E-state index in [1.165, 1.54) is 17.7 Å². The van der Waals surface area contributed by atoms with Gasteiger partial charge in [0.05, 0.1) is 0 Å². The van der Waals surface area contributed by atoms with Crippen LogP contribution in [-0.2, 0) is 4.79 Å². The van der Waals surface area contributed by atoms with Crippen LogP contribution in [0.1, 0.15) is 25.7 Å². The Morgan fingerprint density at radius 2 is 1.85 bits per heavy atom. The minimum absolute atomic E-state index is 0.0723. The van der Waals surface area contributed by atoms with Gasteiger partial charge in [-0.15, -0.1) is 0 Å². The van der Waals surface area contributed by atoms with Gasteiger partial charge in [0.15, 0.2) is 0 Å². The van der Waals surface area contributed by atoms with Crippen LogP contribution >= 0.6 is 0 Å². The molecule has 72 valence electrons. The third kappa shape index (κ3) is 1.30. The molecule has 0 aromatic rings. The highest BCUT2D eigenvalue weighted by atomic mass is 16.2. The molecule has 2 rings (SSSR count). The van der Waals surface area contributed by atoms with E-state index in [-0.39, 0.29) is 11.9 Å². The highest BCUT2D eigenvalue weighted by molar-refractivity contribution is 6.01. The van der Waals surface area contributed by atoms with Crippen LogP contribution in [0.25, 0.3) is 0 Å². The lowest BCUT2D eigenvalue weighted by atomic mass is 10.2. The lowest BCUT2D eigenvalue weighted by Crippen LogP contribution is -2.36. The zero-order valence-corrected chi connectivity index (χ0v) is 7.82. The molecule has 1 heterocycles. The summed E-state index contributed by atoms with van der Waals surface area (Å²) in [7, 11) is 1.56. The number of hydrogen-bond donors (Lipinski definition) is 0. The first-order valence-electron chi connectivity index (χ1n) is 4.77. The third-order valence-corrected chi connectivity index (χ3v) is 2.98. The van der Waals surface area contributed by atoms with E-state index in [1.807, 2.05) is 0 Å². The van der Waals surface area contributed by atoms with E-state index in [1.54, 1.807) is 11.9 Å². The predicted molar refractivity (Wildman–Crippen MR) is 47.1 cm³/mol. The molecule has 0 unspecified atom stereocenters. The summed E-state index contributed by atoms with van der Waals surface area (Å²) in [5, 5.41) is 0. The van der Waals surface area contributed by atoms with Crippen LogP contribution in [-0.4, -0.2) is 41.4 Å². The van der Waals surface area contributed by atoms with E-state index in [9.17, 15) is 9.59 Å². The maximum atomic E-state index is 11.5. The second-order valence-corrected chi connectivity index (χ2v) is 3.80. The summed E-state index contributed by atoms with van der Waals surface area (Å²) >= 11 is 0. The maximum absolute atomic E-state index is 11.5. The Hall–Kier alpha value is -1.06. The fourth-order valence-electron chi connectivity index (χ4n) is 2.12. The van der Waals surface area contributed by atoms with Gasteiger partial charge in [0.1, 0.15) is 6.54 Å². The van der Waals surface area contributed by atoms with E-state index < -0.39 is 0 Å². The quantitative estimate of drug-likeness (QED) is 0.563. The predicted octanol–water partition coefficient (Wildman–Crippen LogP) is 0.823. The van der Waals surface area contributed by atoms with E-state index in [0.717, 1.165) is 12.8 Å². The van der Waals surface area contributed by atoms with Crippen molar-refractivity contribution >= 4 is 11.9 Å². The van der Waals surface area contributed by atoms with Gasteiger partial charge in [0, 0.05) is 13.1 Å². The Labute approximate surface area is 77.5 Å². The molecule has 0 aromatic carbocycles. The number of amides is 3. The molecule has 1 aliphatic heterocycles. The molecule has 1 saturated heterocycles. The molecule has 0 bridgehead atoms. The number of likely N-dealkylation sites (N-methyl/N-ethyl adjacent to an activating group) is 1. The topological polar surface area (TPSA) is 40.6 Å². The van der Waals surface area contributed by atoms with Gasteiger partial charge in [-0.25, -0.2) is 4.79 Å². The van der Waals surface area contributed by atoms with Crippen molar-refractivity contribution in [3.63, 3.8) is 0 Å². The van der Waals surface area contributed by atoms with Crippen LogP contribution in [0.2, 0.25) is 0 Å². The van der Waals surface area contributed by atoms with Crippen LogP contribution in [0.15, 0.2) is 0 Å². The summed E-state index contributed by atoms with van der Waals surface area (Å²) in [6.07, 6.45) is 4.50. The molecule has 1 aliphatic carbocycles. The standard InChI is InChI=1S/C9H14N2O2/c1-10-8(12)6-11(9(10)13)7-4-2-3-5-7/h7H,2-6H2,1H3. The second kappa shape index (κ2) is 3.01. The first kappa shape index (κ1) is 8.53. The van der Waals surface area contributed by atoms with Gasteiger partial charge in [-0.2, -0.15) is 0 Å². The Morgan fingerprint density at radius 1 is 1.23 bits per heavy atom. The first-order valence-corrected chi connectivity index (χ1v) is 4.77. The number of nitrogens with zero attached hydrogens (tertiary/aromatic N) is 2. The van der Waals surface area contributed by atoms with Crippen molar-refractivity contribution in [2.75, 3.05) is 13.6 Å². The molecule has 4 heteroatoms. The summed E-state index contributed by atoms with van der Waals surface area (Å²) in [5.74, 6) is -0.0723. The number of hydrogen-bond acceptors (Lipinski definition) is 2. The van der Waals surface area contributed by atoms with Gasteiger partial charge < -0.3 is 4.90 Å². The Morgan fingerprint density at radius 3 is 2.31 bits per heavy atom. The zero-order chi connectivity index (χ0) is 9.42. The van der Waals surface area contributed by atoms with Gasteiger partial charge >= 0.3 is 6.03 Å². The Balaban J connectivity index is 2.08. The second-order valence-electron chi connectivity index (χ2n) is 3.80. The molecule has 1 saturated carbocycles. The molecular formula is C9H14N2O2. The molecule has 3 amide bonds. The van der Waals surface area contributed by atoms with E-state index in [2.05, 4.69) is 0 Å². The monoisotopic (exact) mass is 182 g/mol. The van der Waals surface area contributed by atoms with Crippen molar-refractivity contribution in [1.82, 2.24) is 9.80 Å². The van der Waals surface area contributed by atoms with Crippen molar-refractivity contribution in [3.05, 3.63) is 0 Å². The normalized spacial score (nSPS) is 25.0. The fraction of sp³-hybridized carbons (Fsp3) is 0.778. The van der Waals surface area contributed by atoms with Crippen LogP contribution in [0, 0.1) is 0 Å². The summed E-state index contributed by atoms with van der Waals surface area (Å²) < 4.78 is 0. The molecule has 0 N–H and O–H groups in total. The molecular weight excluding hydrogens is 168 g/mol. The van der Waals surface area contributed by atoms with Gasteiger partial charge in [-0.05, 0) is 12.8 Å². The van der Waals surface area contributed by atoms with Crippen LogP contribution in [0.4, 0.5) is 4.79 Å². The molecule has 0 aromatic heterocycles. The summed E-state index contributed by atoms with van der Waals surface area (Å²) in [4.78, 5) is 25.7. The Bertz CT molecular complexity index is 246. The molecule has 2 aliphatic rings. The zero-order valence-electron chi connectivity index (χ0n) is 7.82. The highest BCUT2D eigenvalue weighted by Gasteiger charge is 2.38. The highest BCUT2D eigenvalue weighted by Crippen LogP contribution is 2.26. The van der Waals surface area contributed by atoms with Crippen molar-refractivity contribution in [2.45, 2.75) is 31.7 Å². The van der Waals surface area contributed by atoms with Gasteiger partial charge in [-0.1, -0.05) is 12.8 Å². The van der Waals surface area contributed by atoms with Gasteiger partial charge in [0.2, 0.25) is 5.91 Å². The van der Waals surface area contributed by atoms with E-state index in [4.69, 9.17) is 0 Å². The number of urea groups is 1. The minimum Gasteiger partial charge on any atom is -0.312 e. The molecule has 4 nitrogen and oxygen atoms in total. The molecule has 0 spiro atoms. The molecule has 0 atom stereocenters. The van der Waals surface area contributed by atoms with Crippen molar-refractivity contribution < 1.29 is 9.59 Å². The van der Waals surface area contributed by atoms with Crippen LogP contribution in [0.3, 0.4) is 0 Å². The summed E-state index contributed by atoms with van der Waals surface area (Å²) in [5.41, 5.74) is 0. The van der Waals surface area contributed by atoms with Crippen molar-refractivity contribution in [1.29, 1.82) is 0 Å². The average molecular weight is 182 g/mol. The maximum Gasteiger partial charge on any atom is 0.327 e. The third-order valence-electron chi connectivity index (χ3n) is 2.98. The van der Waals surface area contributed by atoms with Gasteiger partial charge in [0.25, 0.3) is 0 Å². The smallest absolute Gasteiger partial charge is 0.312 e. The SMILES string of the molecule is CN1C(=O)CN(C2CCCC2)C1=O. The minimum atomic E-state index is -0.114. The summed E-state index contributed by atoms with van der Waals surface area (Å²) in [6.45, 7) is 0.292. The molecule has 2 fully saturated rings. The van der Waals surface area contributed by atoms with Gasteiger partial charge in [-0.3, -0.25) is 9.69 Å². The lowest BCUT2D eigenvalue weighted by molar-refractivity contribution is -0.124. The number of rotatable bonds is 1. The Kier molecular flexibility index (Phi) is 1.98. The van der Waals surface area contributed by atoms with E-state index >= 15 is 0 Å². The largest absolute Gasteiger partial charge is 0.327 e. The van der Waals surface area contributed by atoms with Crippen molar-refractivity contribution in [3.8, 4) is 0 Å². The van der Waals surface area contributed by atoms with Crippen LogP contribution in [0.5, 0.6) is 0 Å². The number of carbonyl (C=O) groups is 2. The lowest BCUT2D eigenvalue weighted by Gasteiger charge is -2.21. The first-order chi connectivity index (χ1) is 6.20. The fourth-order valence-corrected chi connectivity index (χ4v) is 2.12. The average Bonchev–Trinajstić information content (AvgIpc) is 2.70. The molecule has 13 heavy (non-hydrogen) atoms. The summed E-state index contributed by atoms with van der Waals surface area (Å²) in [6, 6.07) is 0.207. The van der Waals surface area contributed by atoms with E-state index in [0.29, 0.717) is 12.6 Å². The van der Waals surface area contributed by atoms with Crippen LogP contribution < -0.4 is 0 Å². The number of carbonyl (C=O) groups excluding carboxylic acids is 2. The van der Waals surface area contributed by atoms with Crippen molar-refractivity contribution in [2.24, 2.45) is 0 Å². The number of imide groups is 1. The molecule has 0 radical (unpaired) electrons.